The van der Waals surface area contributed by atoms with Crippen LogP contribution in [0, 0.1) is 10.8 Å². The fourth-order valence-electron chi connectivity index (χ4n) is 2.28. The first-order valence-corrected chi connectivity index (χ1v) is 6.46. The van der Waals surface area contributed by atoms with Gasteiger partial charge in [-0.3, -0.25) is 10.8 Å². The zero-order chi connectivity index (χ0) is 15.0. The van der Waals surface area contributed by atoms with E-state index in [1.54, 1.807) is 0 Å². The third-order valence-corrected chi connectivity index (χ3v) is 3.44. The number of benzene rings is 2. The molecule has 0 bridgehead atoms. The van der Waals surface area contributed by atoms with Gasteiger partial charge < -0.3 is 21.9 Å². The molecule has 8 heteroatoms. The van der Waals surface area contributed by atoms with Crippen LogP contribution in [0.25, 0.3) is 22.2 Å². The van der Waals surface area contributed by atoms with Crippen molar-refractivity contribution in [2.75, 3.05) is 0 Å². The maximum absolute atomic E-state index is 7.48. The van der Waals surface area contributed by atoms with E-state index in [0.29, 0.717) is 11.1 Å². The first-order valence-electron chi connectivity index (χ1n) is 6.46. The van der Waals surface area contributed by atoms with Crippen molar-refractivity contribution in [3.63, 3.8) is 0 Å². The molecule has 0 aliphatic carbocycles. The molecule has 0 saturated carbocycles. The van der Waals surface area contributed by atoms with E-state index >= 15 is 0 Å². The Bertz CT molecular complexity index is 859. The number of amidine groups is 2. The number of rotatable bonds is 3. The van der Waals surface area contributed by atoms with Crippen LogP contribution in [0.3, 0.4) is 0 Å². The molecular formula is C16H19Cl2N5O. The molecule has 1 heterocycles. The van der Waals surface area contributed by atoms with Gasteiger partial charge in [0.25, 0.3) is 0 Å². The van der Waals surface area contributed by atoms with Crippen LogP contribution in [0.1, 0.15) is 11.1 Å². The van der Waals surface area contributed by atoms with E-state index in [2.05, 4.69) is 4.98 Å². The Labute approximate surface area is 151 Å². The maximum atomic E-state index is 7.48. The lowest BCUT2D eigenvalue weighted by Crippen LogP contribution is -2.10. The molecule has 0 aliphatic heterocycles. The van der Waals surface area contributed by atoms with Gasteiger partial charge in [0, 0.05) is 27.7 Å². The number of nitrogens with two attached hydrogens (primary N) is 2. The normalized spacial score (nSPS) is 9.33. The highest BCUT2D eigenvalue weighted by atomic mass is 35.5. The summed E-state index contributed by atoms with van der Waals surface area (Å²) in [4.78, 5) is 3.32. The molecule has 9 N–H and O–H groups in total. The number of fused-ring (bicyclic) bond motifs is 1. The molecule has 0 unspecified atom stereocenters. The summed E-state index contributed by atoms with van der Waals surface area (Å²) >= 11 is 0. The van der Waals surface area contributed by atoms with Gasteiger partial charge in [-0.05, 0) is 17.7 Å². The SMILES string of the molecule is Cl.Cl.N=C(N)c1ccc(-c2cc3ccc(C(=N)N)cc3[nH]2)cc1.O. The average Bonchev–Trinajstić information content (AvgIpc) is 2.90. The van der Waals surface area contributed by atoms with Gasteiger partial charge in [0.2, 0.25) is 0 Å². The van der Waals surface area contributed by atoms with Crippen LogP contribution < -0.4 is 11.5 Å². The van der Waals surface area contributed by atoms with Crippen molar-refractivity contribution < 1.29 is 5.48 Å². The molecule has 0 amide bonds. The average molecular weight is 368 g/mol. The second-order valence-electron chi connectivity index (χ2n) is 4.89. The maximum Gasteiger partial charge on any atom is 0.122 e. The summed E-state index contributed by atoms with van der Waals surface area (Å²) in [6.45, 7) is 0. The minimum Gasteiger partial charge on any atom is -0.412 e. The first kappa shape index (κ1) is 21.5. The van der Waals surface area contributed by atoms with E-state index in [4.69, 9.17) is 22.3 Å². The Morgan fingerprint density at radius 2 is 1.33 bits per heavy atom. The minimum absolute atomic E-state index is 0. The van der Waals surface area contributed by atoms with Crippen LogP contribution in [-0.2, 0) is 0 Å². The predicted octanol–water partition coefficient (Wildman–Crippen LogP) is 2.42. The van der Waals surface area contributed by atoms with Crippen molar-refractivity contribution >= 4 is 47.4 Å². The standard InChI is InChI=1S/C16H15N5.2ClH.H2O/c17-15(18)10-3-1-9(2-4-10)13-7-11-5-6-12(16(19)20)8-14(11)21-13;;;/h1-8,21H,(H3,17,18)(H3,19,20);2*1H;1H2. The Morgan fingerprint density at radius 3 is 1.88 bits per heavy atom. The molecular weight excluding hydrogens is 349 g/mol. The van der Waals surface area contributed by atoms with Crippen molar-refractivity contribution in [2.45, 2.75) is 0 Å². The number of hydrogen-bond acceptors (Lipinski definition) is 2. The molecule has 128 valence electrons. The molecule has 24 heavy (non-hydrogen) atoms. The zero-order valence-electron chi connectivity index (χ0n) is 12.6. The molecule has 0 spiro atoms. The number of aromatic nitrogens is 1. The number of nitrogen functional groups attached to an aromatic ring is 2. The summed E-state index contributed by atoms with van der Waals surface area (Å²) < 4.78 is 0. The third-order valence-electron chi connectivity index (χ3n) is 3.44. The van der Waals surface area contributed by atoms with Crippen LogP contribution in [0.4, 0.5) is 0 Å². The van der Waals surface area contributed by atoms with Crippen LogP contribution >= 0.6 is 24.8 Å². The van der Waals surface area contributed by atoms with E-state index < -0.39 is 0 Å². The van der Waals surface area contributed by atoms with Gasteiger partial charge in [0.15, 0.2) is 0 Å². The van der Waals surface area contributed by atoms with Crippen molar-refractivity contribution in [2.24, 2.45) is 11.5 Å². The monoisotopic (exact) mass is 367 g/mol. The Morgan fingerprint density at radius 1 is 0.792 bits per heavy atom. The molecule has 1 aromatic heterocycles. The van der Waals surface area contributed by atoms with E-state index in [1.165, 1.54) is 0 Å². The van der Waals surface area contributed by atoms with E-state index in [-0.39, 0.29) is 42.0 Å². The summed E-state index contributed by atoms with van der Waals surface area (Å²) in [5, 5.41) is 15.9. The zero-order valence-corrected chi connectivity index (χ0v) is 14.2. The van der Waals surface area contributed by atoms with Crippen molar-refractivity contribution in [3.8, 4) is 11.3 Å². The molecule has 0 fully saturated rings. The molecule has 0 radical (unpaired) electrons. The molecule has 6 nitrogen and oxygen atoms in total. The Kier molecular flexibility index (Phi) is 7.47. The van der Waals surface area contributed by atoms with Crippen LogP contribution in [0.15, 0.2) is 48.5 Å². The third kappa shape index (κ3) is 4.05. The van der Waals surface area contributed by atoms with E-state index in [0.717, 1.165) is 22.2 Å². The Hall–Kier alpha value is -2.54. The number of aromatic amines is 1. The highest BCUT2D eigenvalue weighted by molar-refractivity contribution is 5.99. The summed E-state index contributed by atoms with van der Waals surface area (Å²) in [6.07, 6.45) is 0. The van der Waals surface area contributed by atoms with Gasteiger partial charge in [-0.25, -0.2) is 0 Å². The topological polar surface area (TPSA) is 147 Å². The number of halogens is 2. The van der Waals surface area contributed by atoms with E-state index in [1.807, 2.05) is 48.5 Å². The summed E-state index contributed by atoms with van der Waals surface area (Å²) in [6, 6.07) is 15.2. The lowest BCUT2D eigenvalue weighted by Gasteiger charge is -2.01. The lowest BCUT2D eigenvalue weighted by atomic mass is 10.1. The largest absolute Gasteiger partial charge is 0.412 e. The van der Waals surface area contributed by atoms with Crippen LogP contribution in [-0.4, -0.2) is 22.1 Å². The fraction of sp³-hybridized carbons (Fsp3) is 0. The second-order valence-corrected chi connectivity index (χ2v) is 4.89. The second kappa shape index (κ2) is 8.35. The number of nitrogens with one attached hydrogen (secondary N) is 3. The fourth-order valence-corrected chi connectivity index (χ4v) is 2.28. The molecule has 0 atom stereocenters. The molecule has 3 rings (SSSR count). The van der Waals surface area contributed by atoms with Crippen LogP contribution in [0.2, 0.25) is 0 Å². The van der Waals surface area contributed by atoms with Crippen molar-refractivity contribution in [3.05, 3.63) is 59.7 Å². The van der Waals surface area contributed by atoms with Gasteiger partial charge in [-0.2, -0.15) is 0 Å². The molecule has 0 aliphatic rings. The van der Waals surface area contributed by atoms with Gasteiger partial charge in [-0.15, -0.1) is 24.8 Å². The molecule has 0 saturated heterocycles. The van der Waals surface area contributed by atoms with Gasteiger partial charge >= 0.3 is 0 Å². The highest BCUT2D eigenvalue weighted by Crippen LogP contribution is 2.25. The molecule has 2 aromatic carbocycles. The van der Waals surface area contributed by atoms with Gasteiger partial charge in [0.1, 0.15) is 11.7 Å². The van der Waals surface area contributed by atoms with Crippen molar-refractivity contribution in [1.82, 2.24) is 4.98 Å². The van der Waals surface area contributed by atoms with Gasteiger partial charge in [0.05, 0.1) is 0 Å². The van der Waals surface area contributed by atoms with Gasteiger partial charge in [-0.1, -0.05) is 36.4 Å². The van der Waals surface area contributed by atoms with E-state index in [9.17, 15) is 0 Å². The number of H-pyrrole nitrogens is 1. The minimum atomic E-state index is 0. The predicted molar refractivity (Wildman–Crippen MR) is 104 cm³/mol. The highest BCUT2D eigenvalue weighted by Gasteiger charge is 2.06. The Balaban J connectivity index is 0.00000176. The van der Waals surface area contributed by atoms with Crippen LogP contribution in [0.5, 0.6) is 0 Å². The van der Waals surface area contributed by atoms with Crippen molar-refractivity contribution in [1.29, 1.82) is 10.8 Å². The smallest absolute Gasteiger partial charge is 0.122 e. The number of hydrogen-bond donors (Lipinski definition) is 5. The first-order chi connectivity index (χ1) is 10.0. The molecule has 3 aromatic rings. The summed E-state index contributed by atoms with van der Waals surface area (Å²) in [7, 11) is 0. The summed E-state index contributed by atoms with van der Waals surface area (Å²) in [5.41, 5.74) is 15.3. The quantitative estimate of drug-likeness (QED) is 0.357. The summed E-state index contributed by atoms with van der Waals surface area (Å²) in [5.74, 6) is 0.114. The lowest BCUT2D eigenvalue weighted by molar-refractivity contribution is 0.824.